The number of para-hydroxylation sites is 1. The second-order valence-corrected chi connectivity index (χ2v) is 6.46. The topological polar surface area (TPSA) is 72.5 Å². The van der Waals surface area contributed by atoms with E-state index in [9.17, 15) is 0 Å². The molecule has 0 atom stereocenters. The van der Waals surface area contributed by atoms with Gasteiger partial charge < -0.3 is 15.8 Å². The third-order valence-electron chi connectivity index (χ3n) is 3.79. The van der Waals surface area contributed by atoms with Crippen LogP contribution in [0, 0.1) is 0 Å². The molecule has 0 unspecified atom stereocenters. The SMILES string of the molecule is C=C1COCC(NCc2ccncc2Br)=C1C(N)=Nc1ccccc1. The lowest BCUT2D eigenvalue weighted by molar-refractivity contribution is 0.168. The summed E-state index contributed by atoms with van der Waals surface area (Å²) in [6.07, 6.45) is 3.53. The molecule has 2 aromatic rings. The second kappa shape index (κ2) is 8.09. The van der Waals surface area contributed by atoms with E-state index in [1.54, 1.807) is 12.4 Å². The molecule has 0 saturated heterocycles. The van der Waals surface area contributed by atoms with Gasteiger partial charge in [-0.25, -0.2) is 4.99 Å². The number of nitrogens with two attached hydrogens (primary N) is 1. The quantitative estimate of drug-likeness (QED) is 0.597. The highest BCUT2D eigenvalue weighted by atomic mass is 79.9. The Balaban J connectivity index is 1.87. The van der Waals surface area contributed by atoms with Crippen molar-refractivity contribution in [2.75, 3.05) is 13.2 Å². The van der Waals surface area contributed by atoms with Gasteiger partial charge in [0.05, 0.1) is 18.9 Å². The summed E-state index contributed by atoms with van der Waals surface area (Å²) in [5.41, 5.74) is 10.7. The van der Waals surface area contributed by atoms with Crippen LogP contribution in [0.15, 0.2) is 81.7 Å². The van der Waals surface area contributed by atoms with Crippen molar-refractivity contribution in [2.45, 2.75) is 6.54 Å². The van der Waals surface area contributed by atoms with E-state index in [2.05, 4.69) is 37.8 Å². The lowest BCUT2D eigenvalue weighted by atomic mass is 10.0. The standard InChI is InChI=1S/C19H19BrN4O/c1-13-11-25-12-17(23-9-14-7-8-22-10-16(14)20)18(13)19(21)24-15-5-3-2-4-6-15/h2-8,10,23H,1,9,11-12H2,(H2,21,24). The average Bonchev–Trinajstić information content (AvgIpc) is 2.62. The van der Waals surface area contributed by atoms with Gasteiger partial charge in [-0.1, -0.05) is 24.8 Å². The van der Waals surface area contributed by atoms with Gasteiger partial charge in [0.2, 0.25) is 0 Å². The number of hydrogen-bond donors (Lipinski definition) is 2. The minimum atomic E-state index is 0.441. The summed E-state index contributed by atoms with van der Waals surface area (Å²) in [6, 6.07) is 11.6. The number of nitrogens with one attached hydrogen (secondary N) is 1. The Hall–Kier alpha value is -2.44. The molecular formula is C19H19BrN4O. The van der Waals surface area contributed by atoms with Crippen molar-refractivity contribution >= 4 is 27.5 Å². The molecule has 6 heteroatoms. The predicted octanol–water partition coefficient (Wildman–Crippen LogP) is 3.46. The molecule has 0 aliphatic carbocycles. The van der Waals surface area contributed by atoms with Crippen molar-refractivity contribution in [3.8, 4) is 0 Å². The van der Waals surface area contributed by atoms with E-state index in [0.29, 0.717) is 25.6 Å². The van der Waals surface area contributed by atoms with Crippen LogP contribution in [0.2, 0.25) is 0 Å². The molecule has 5 nitrogen and oxygen atoms in total. The van der Waals surface area contributed by atoms with E-state index in [1.165, 1.54) is 0 Å². The number of rotatable bonds is 5. The minimum Gasteiger partial charge on any atom is -0.383 e. The number of aromatic nitrogens is 1. The molecule has 0 spiro atoms. The molecule has 0 fully saturated rings. The largest absolute Gasteiger partial charge is 0.383 e. The minimum absolute atomic E-state index is 0.441. The van der Waals surface area contributed by atoms with Crippen LogP contribution in [0.25, 0.3) is 0 Å². The Morgan fingerprint density at radius 3 is 2.84 bits per heavy atom. The van der Waals surface area contributed by atoms with Gasteiger partial charge in [0, 0.05) is 34.7 Å². The molecule has 1 aromatic carbocycles. The van der Waals surface area contributed by atoms with E-state index < -0.39 is 0 Å². The van der Waals surface area contributed by atoms with Gasteiger partial charge in [-0.2, -0.15) is 0 Å². The van der Waals surface area contributed by atoms with Crippen molar-refractivity contribution in [1.82, 2.24) is 10.3 Å². The number of benzene rings is 1. The van der Waals surface area contributed by atoms with Crippen LogP contribution in [0.4, 0.5) is 5.69 Å². The summed E-state index contributed by atoms with van der Waals surface area (Å²) in [5, 5.41) is 3.40. The molecule has 1 aromatic heterocycles. The Morgan fingerprint density at radius 1 is 1.28 bits per heavy atom. The Morgan fingerprint density at radius 2 is 2.08 bits per heavy atom. The second-order valence-electron chi connectivity index (χ2n) is 5.60. The van der Waals surface area contributed by atoms with E-state index in [1.807, 2.05) is 36.4 Å². The van der Waals surface area contributed by atoms with Gasteiger partial charge in [0.15, 0.2) is 0 Å². The maximum Gasteiger partial charge on any atom is 0.133 e. The molecule has 1 aliphatic heterocycles. The monoisotopic (exact) mass is 398 g/mol. The first-order chi connectivity index (χ1) is 12.1. The number of halogens is 1. The third kappa shape index (κ3) is 4.35. The zero-order chi connectivity index (χ0) is 17.6. The number of hydrogen-bond acceptors (Lipinski definition) is 4. The summed E-state index contributed by atoms with van der Waals surface area (Å²) in [7, 11) is 0. The fourth-order valence-corrected chi connectivity index (χ4v) is 2.95. The predicted molar refractivity (Wildman–Crippen MR) is 103 cm³/mol. The van der Waals surface area contributed by atoms with Crippen molar-refractivity contribution in [1.29, 1.82) is 0 Å². The first-order valence-corrected chi connectivity index (χ1v) is 8.65. The summed E-state index contributed by atoms with van der Waals surface area (Å²) in [6.45, 7) is 5.60. The molecule has 2 heterocycles. The Kier molecular flexibility index (Phi) is 5.63. The number of ether oxygens (including phenoxy) is 1. The highest BCUT2D eigenvalue weighted by Gasteiger charge is 2.20. The summed E-state index contributed by atoms with van der Waals surface area (Å²) in [4.78, 5) is 8.59. The van der Waals surface area contributed by atoms with E-state index in [4.69, 9.17) is 10.5 Å². The third-order valence-corrected chi connectivity index (χ3v) is 4.50. The number of pyridine rings is 1. The molecule has 0 radical (unpaired) electrons. The van der Waals surface area contributed by atoms with E-state index in [-0.39, 0.29) is 0 Å². The molecule has 0 saturated carbocycles. The molecule has 0 bridgehead atoms. The molecule has 3 N–H and O–H groups in total. The van der Waals surface area contributed by atoms with Crippen molar-refractivity contribution in [2.24, 2.45) is 10.7 Å². The average molecular weight is 399 g/mol. The molecule has 128 valence electrons. The summed E-state index contributed by atoms with van der Waals surface area (Å²) in [5.74, 6) is 0.441. The fraction of sp³-hybridized carbons (Fsp3) is 0.158. The zero-order valence-electron chi connectivity index (χ0n) is 13.7. The lowest BCUT2D eigenvalue weighted by Crippen LogP contribution is -2.30. The van der Waals surface area contributed by atoms with Crippen LogP contribution in [0.3, 0.4) is 0 Å². The highest BCUT2D eigenvalue weighted by Crippen LogP contribution is 2.22. The summed E-state index contributed by atoms with van der Waals surface area (Å²) < 4.78 is 6.54. The van der Waals surface area contributed by atoms with Gasteiger partial charge in [0.1, 0.15) is 5.84 Å². The van der Waals surface area contributed by atoms with E-state index in [0.717, 1.165) is 32.6 Å². The maximum absolute atomic E-state index is 6.28. The van der Waals surface area contributed by atoms with Crippen molar-refractivity contribution < 1.29 is 4.74 Å². The van der Waals surface area contributed by atoms with Gasteiger partial charge in [-0.05, 0) is 45.3 Å². The number of amidine groups is 1. The smallest absolute Gasteiger partial charge is 0.133 e. The van der Waals surface area contributed by atoms with Crippen LogP contribution in [0.1, 0.15) is 5.56 Å². The first kappa shape index (κ1) is 17.4. The fourth-order valence-electron chi connectivity index (χ4n) is 2.56. The van der Waals surface area contributed by atoms with Gasteiger partial charge in [-0.3, -0.25) is 4.98 Å². The Bertz CT molecular complexity index is 830. The van der Waals surface area contributed by atoms with Crippen LogP contribution < -0.4 is 11.1 Å². The molecule has 25 heavy (non-hydrogen) atoms. The highest BCUT2D eigenvalue weighted by molar-refractivity contribution is 9.10. The number of aliphatic imine (C=N–C) groups is 1. The van der Waals surface area contributed by atoms with Gasteiger partial charge in [-0.15, -0.1) is 0 Å². The molecule has 1 aliphatic rings. The van der Waals surface area contributed by atoms with Crippen LogP contribution in [-0.4, -0.2) is 24.0 Å². The maximum atomic E-state index is 6.28. The molecule has 3 rings (SSSR count). The van der Waals surface area contributed by atoms with Gasteiger partial charge in [0.25, 0.3) is 0 Å². The first-order valence-electron chi connectivity index (χ1n) is 7.86. The summed E-state index contributed by atoms with van der Waals surface area (Å²) >= 11 is 3.51. The Labute approximate surface area is 155 Å². The van der Waals surface area contributed by atoms with Crippen LogP contribution >= 0.6 is 15.9 Å². The normalized spacial score (nSPS) is 15.4. The van der Waals surface area contributed by atoms with Gasteiger partial charge >= 0.3 is 0 Å². The van der Waals surface area contributed by atoms with Crippen LogP contribution in [0.5, 0.6) is 0 Å². The van der Waals surface area contributed by atoms with Crippen molar-refractivity contribution in [3.05, 3.63) is 82.3 Å². The van der Waals surface area contributed by atoms with Crippen LogP contribution in [-0.2, 0) is 11.3 Å². The molecule has 0 amide bonds. The zero-order valence-corrected chi connectivity index (χ0v) is 15.3. The number of nitrogens with zero attached hydrogens (tertiary/aromatic N) is 2. The lowest BCUT2D eigenvalue weighted by Gasteiger charge is -2.24. The molecular weight excluding hydrogens is 380 g/mol. The van der Waals surface area contributed by atoms with Crippen molar-refractivity contribution in [3.63, 3.8) is 0 Å². The van der Waals surface area contributed by atoms with E-state index >= 15 is 0 Å².